The smallest absolute Gasteiger partial charge is 0.269 e. The maximum atomic E-state index is 12.4. The first-order valence-corrected chi connectivity index (χ1v) is 7.79. The Labute approximate surface area is 130 Å². The van der Waals surface area contributed by atoms with E-state index in [1.807, 2.05) is 0 Å². The average molecular weight is 305 g/mol. The van der Waals surface area contributed by atoms with Crippen molar-refractivity contribution in [1.82, 2.24) is 5.32 Å². The lowest BCUT2D eigenvalue weighted by Crippen LogP contribution is -2.46. The van der Waals surface area contributed by atoms with Gasteiger partial charge in [0.25, 0.3) is 11.6 Å². The standard InChI is InChI=1S/C16H23N3O3/c1-11-9-13(19(21)22)7-8-14(11)16(20)18-15(10-17)12-5-3-2-4-6-12/h7-9,12,15H,2-6,10,17H2,1H3,(H,18,20). The number of carbonyl (C=O) groups excluding carboxylic acids is 1. The van der Waals surface area contributed by atoms with Crippen molar-refractivity contribution < 1.29 is 9.72 Å². The van der Waals surface area contributed by atoms with Gasteiger partial charge in [0.2, 0.25) is 0 Å². The van der Waals surface area contributed by atoms with Crippen molar-refractivity contribution >= 4 is 11.6 Å². The lowest BCUT2D eigenvalue weighted by Gasteiger charge is -2.30. The van der Waals surface area contributed by atoms with Crippen molar-refractivity contribution in [3.63, 3.8) is 0 Å². The number of benzene rings is 1. The fourth-order valence-corrected chi connectivity index (χ4v) is 3.17. The number of rotatable bonds is 5. The molecule has 6 nitrogen and oxygen atoms in total. The Morgan fingerprint density at radius 2 is 2.09 bits per heavy atom. The molecule has 1 aliphatic carbocycles. The molecule has 3 N–H and O–H groups in total. The molecule has 0 aromatic heterocycles. The van der Waals surface area contributed by atoms with Gasteiger partial charge in [0, 0.05) is 30.3 Å². The van der Waals surface area contributed by atoms with E-state index < -0.39 is 4.92 Å². The van der Waals surface area contributed by atoms with Gasteiger partial charge >= 0.3 is 0 Å². The van der Waals surface area contributed by atoms with Crippen molar-refractivity contribution in [3.05, 3.63) is 39.4 Å². The molecule has 1 aromatic carbocycles. The van der Waals surface area contributed by atoms with Crippen LogP contribution in [-0.2, 0) is 0 Å². The second-order valence-corrected chi connectivity index (χ2v) is 5.97. The zero-order valence-electron chi connectivity index (χ0n) is 12.9. The van der Waals surface area contributed by atoms with E-state index >= 15 is 0 Å². The lowest BCUT2D eigenvalue weighted by atomic mass is 9.83. The molecule has 2 rings (SSSR count). The number of non-ortho nitro benzene ring substituents is 1. The molecular formula is C16H23N3O3. The van der Waals surface area contributed by atoms with Crippen LogP contribution in [0.15, 0.2) is 18.2 Å². The normalized spacial score (nSPS) is 17.0. The summed E-state index contributed by atoms with van der Waals surface area (Å²) in [5.41, 5.74) is 6.90. The van der Waals surface area contributed by atoms with E-state index in [2.05, 4.69) is 5.32 Å². The Morgan fingerprint density at radius 1 is 1.41 bits per heavy atom. The first kappa shape index (κ1) is 16.4. The SMILES string of the molecule is Cc1cc([N+](=O)[O-])ccc1C(=O)NC(CN)C1CCCCC1. The van der Waals surface area contributed by atoms with E-state index in [-0.39, 0.29) is 17.6 Å². The summed E-state index contributed by atoms with van der Waals surface area (Å²) in [5, 5.41) is 13.8. The van der Waals surface area contributed by atoms with Crippen molar-refractivity contribution in [3.8, 4) is 0 Å². The van der Waals surface area contributed by atoms with Gasteiger partial charge in [-0.15, -0.1) is 0 Å². The highest BCUT2D eigenvalue weighted by Crippen LogP contribution is 2.26. The van der Waals surface area contributed by atoms with E-state index in [0.717, 1.165) is 12.8 Å². The maximum Gasteiger partial charge on any atom is 0.269 e. The predicted octanol–water partition coefficient (Wildman–Crippen LogP) is 2.54. The average Bonchev–Trinajstić information content (AvgIpc) is 2.53. The van der Waals surface area contributed by atoms with Gasteiger partial charge in [-0.25, -0.2) is 0 Å². The van der Waals surface area contributed by atoms with Crippen molar-refractivity contribution in [2.45, 2.75) is 45.1 Å². The minimum Gasteiger partial charge on any atom is -0.348 e. The summed E-state index contributed by atoms with van der Waals surface area (Å²) in [7, 11) is 0. The van der Waals surface area contributed by atoms with Crippen LogP contribution in [-0.4, -0.2) is 23.4 Å². The first-order chi connectivity index (χ1) is 10.5. The third-order valence-electron chi connectivity index (χ3n) is 4.45. The fraction of sp³-hybridized carbons (Fsp3) is 0.562. The zero-order valence-corrected chi connectivity index (χ0v) is 12.9. The minimum atomic E-state index is -0.459. The molecule has 1 atom stereocenters. The molecule has 0 spiro atoms. The number of nitrogens with zero attached hydrogens (tertiary/aromatic N) is 1. The van der Waals surface area contributed by atoms with Crippen LogP contribution in [0.5, 0.6) is 0 Å². The van der Waals surface area contributed by atoms with E-state index in [9.17, 15) is 14.9 Å². The van der Waals surface area contributed by atoms with Gasteiger partial charge in [-0.2, -0.15) is 0 Å². The number of aryl methyl sites for hydroxylation is 1. The van der Waals surface area contributed by atoms with Gasteiger partial charge in [0.15, 0.2) is 0 Å². The molecule has 1 unspecified atom stereocenters. The summed E-state index contributed by atoms with van der Waals surface area (Å²) in [6.07, 6.45) is 5.83. The number of carbonyl (C=O) groups is 1. The number of hydrogen-bond acceptors (Lipinski definition) is 4. The molecule has 0 radical (unpaired) electrons. The Kier molecular flexibility index (Phi) is 5.49. The summed E-state index contributed by atoms with van der Waals surface area (Å²) >= 11 is 0. The van der Waals surface area contributed by atoms with Crippen molar-refractivity contribution in [2.75, 3.05) is 6.54 Å². The predicted molar refractivity (Wildman–Crippen MR) is 84.7 cm³/mol. The van der Waals surface area contributed by atoms with Crippen LogP contribution >= 0.6 is 0 Å². The highest BCUT2D eigenvalue weighted by molar-refractivity contribution is 5.96. The van der Waals surface area contributed by atoms with Crippen LogP contribution in [0.1, 0.15) is 48.0 Å². The van der Waals surface area contributed by atoms with E-state index in [1.165, 1.54) is 37.5 Å². The van der Waals surface area contributed by atoms with Gasteiger partial charge in [-0.05, 0) is 37.3 Å². The van der Waals surface area contributed by atoms with Crippen LogP contribution in [0.3, 0.4) is 0 Å². The minimum absolute atomic E-state index is 0.00305. The quantitative estimate of drug-likeness (QED) is 0.645. The van der Waals surface area contributed by atoms with Gasteiger partial charge in [0.05, 0.1) is 4.92 Å². The molecule has 1 aromatic rings. The van der Waals surface area contributed by atoms with Crippen LogP contribution in [0, 0.1) is 23.0 Å². The number of nitro benzene ring substituents is 1. The zero-order chi connectivity index (χ0) is 16.1. The largest absolute Gasteiger partial charge is 0.348 e. The summed E-state index contributed by atoms with van der Waals surface area (Å²) in [5.74, 6) is 0.231. The molecule has 0 bridgehead atoms. The van der Waals surface area contributed by atoms with Gasteiger partial charge < -0.3 is 11.1 Å². The summed E-state index contributed by atoms with van der Waals surface area (Å²) < 4.78 is 0. The molecule has 1 aliphatic rings. The second-order valence-electron chi connectivity index (χ2n) is 5.97. The Balaban J connectivity index is 2.08. The van der Waals surface area contributed by atoms with Crippen molar-refractivity contribution in [1.29, 1.82) is 0 Å². The highest BCUT2D eigenvalue weighted by atomic mass is 16.6. The van der Waals surface area contributed by atoms with E-state index in [4.69, 9.17) is 5.73 Å². The second kappa shape index (κ2) is 7.35. The van der Waals surface area contributed by atoms with Crippen molar-refractivity contribution in [2.24, 2.45) is 11.7 Å². The molecule has 120 valence electrons. The van der Waals surface area contributed by atoms with Gasteiger partial charge in [-0.1, -0.05) is 19.3 Å². The fourth-order valence-electron chi connectivity index (χ4n) is 3.17. The topological polar surface area (TPSA) is 98.3 Å². The molecule has 1 amide bonds. The van der Waals surface area contributed by atoms with Crippen LogP contribution in [0.4, 0.5) is 5.69 Å². The van der Waals surface area contributed by atoms with Crippen LogP contribution in [0.25, 0.3) is 0 Å². The number of amides is 1. The molecule has 0 heterocycles. The molecule has 0 saturated heterocycles. The van der Waals surface area contributed by atoms with Gasteiger partial charge in [0.1, 0.15) is 0 Å². The molecule has 22 heavy (non-hydrogen) atoms. The lowest BCUT2D eigenvalue weighted by molar-refractivity contribution is -0.384. The van der Waals surface area contributed by atoms with Crippen LogP contribution < -0.4 is 11.1 Å². The monoisotopic (exact) mass is 305 g/mol. The van der Waals surface area contributed by atoms with Crippen LogP contribution in [0.2, 0.25) is 0 Å². The molecule has 6 heteroatoms. The number of nitrogens with one attached hydrogen (secondary N) is 1. The third kappa shape index (κ3) is 3.82. The first-order valence-electron chi connectivity index (χ1n) is 7.79. The number of nitro groups is 1. The Hall–Kier alpha value is -1.95. The molecule has 0 aliphatic heterocycles. The summed E-state index contributed by atoms with van der Waals surface area (Å²) in [6.45, 7) is 2.13. The Morgan fingerprint density at radius 3 is 2.64 bits per heavy atom. The molecule has 1 saturated carbocycles. The summed E-state index contributed by atoms with van der Waals surface area (Å²) in [4.78, 5) is 22.7. The number of hydrogen-bond donors (Lipinski definition) is 2. The van der Waals surface area contributed by atoms with E-state index in [1.54, 1.807) is 6.92 Å². The maximum absolute atomic E-state index is 12.4. The van der Waals surface area contributed by atoms with Gasteiger partial charge in [-0.3, -0.25) is 14.9 Å². The van der Waals surface area contributed by atoms with E-state index in [0.29, 0.717) is 23.6 Å². The third-order valence-corrected chi connectivity index (χ3v) is 4.45. The molecular weight excluding hydrogens is 282 g/mol. The number of nitrogens with two attached hydrogens (primary N) is 1. The highest BCUT2D eigenvalue weighted by Gasteiger charge is 2.25. The molecule has 1 fully saturated rings. The summed E-state index contributed by atoms with van der Waals surface area (Å²) in [6, 6.07) is 4.27. The Bertz CT molecular complexity index is 554.